The van der Waals surface area contributed by atoms with Crippen molar-refractivity contribution in [3.63, 3.8) is 0 Å². The first-order chi connectivity index (χ1) is 9.86. The second kappa shape index (κ2) is 6.22. The predicted octanol–water partition coefficient (Wildman–Crippen LogP) is 3.67. The van der Waals surface area contributed by atoms with E-state index < -0.39 is 23.6 Å². The normalized spacial score (nSPS) is 12.0. The molecule has 0 spiro atoms. The average Bonchev–Trinajstić information content (AvgIpc) is 2.37. The van der Waals surface area contributed by atoms with Crippen LogP contribution in [0.2, 0.25) is 0 Å². The molecule has 0 aliphatic heterocycles. The van der Waals surface area contributed by atoms with Crippen LogP contribution in [0, 0.1) is 18.6 Å². The molecule has 0 saturated heterocycles. The molecule has 2 rings (SSSR count). The maximum Gasteiger partial charge on any atom is 0.244 e. The number of carbonyl (C=O) groups excluding carboxylic acids is 1. The van der Waals surface area contributed by atoms with Gasteiger partial charge in [0, 0.05) is 15.7 Å². The van der Waals surface area contributed by atoms with Crippen LogP contribution in [0.1, 0.15) is 17.2 Å². The van der Waals surface area contributed by atoms with Crippen LogP contribution in [0.3, 0.4) is 0 Å². The predicted molar refractivity (Wildman–Crippen MR) is 80.8 cm³/mol. The number of anilines is 1. The summed E-state index contributed by atoms with van der Waals surface area (Å²) in [6.45, 7) is 1.73. The summed E-state index contributed by atoms with van der Waals surface area (Å²) >= 11 is 3.25. The van der Waals surface area contributed by atoms with Crippen LogP contribution in [-0.4, -0.2) is 5.91 Å². The van der Waals surface area contributed by atoms with Crippen LogP contribution in [0.5, 0.6) is 0 Å². The van der Waals surface area contributed by atoms with E-state index in [0.29, 0.717) is 21.3 Å². The Hall–Kier alpha value is -1.95. The number of hydrogen-bond acceptors (Lipinski definition) is 2. The van der Waals surface area contributed by atoms with Gasteiger partial charge in [-0.3, -0.25) is 4.79 Å². The number of nitrogens with one attached hydrogen (secondary N) is 1. The standard InChI is InChI=1S/C15H13BrF2N2O/c1-8-4-10(18)6-11(5-8)20-14(15(19)21)12-7-9(17)2-3-13(12)16/h2-7,14,20H,1H3,(H2,19,21). The van der Waals surface area contributed by atoms with Gasteiger partial charge in [0.05, 0.1) is 0 Å². The third kappa shape index (κ3) is 3.78. The summed E-state index contributed by atoms with van der Waals surface area (Å²) in [4.78, 5) is 11.7. The van der Waals surface area contributed by atoms with Gasteiger partial charge in [0.1, 0.15) is 17.7 Å². The van der Waals surface area contributed by atoms with Crippen molar-refractivity contribution in [2.75, 3.05) is 5.32 Å². The molecule has 1 amide bonds. The fraction of sp³-hybridized carbons (Fsp3) is 0.133. The zero-order valence-corrected chi connectivity index (χ0v) is 12.7. The van der Waals surface area contributed by atoms with Gasteiger partial charge in [-0.15, -0.1) is 0 Å². The van der Waals surface area contributed by atoms with E-state index in [1.807, 2.05) is 0 Å². The van der Waals surface area contributed by atoms with Crippen molar-refractivity contribution >= 4 is 27.5 Å². The van der Waals surface area contributed by atoms with E-state index in [0.717, 1.165) is 0 Å². The number of primary amides is 1. The molecule has 1 atom stereocenters. The molecule has 6 heteroatoms. The fourth-order valence-corrected chi connectivity index (χ4v) is 2.50. The third-order valence-corrected chi connectivity index (χ3v) is 3.63. The molecule has 0 radical (unpaired) electrons. The minimum absolute atomic E-state index is 0.351. The molecule has 0 aromatic heterocycles. The highest BCUT2D eigenvalue weighted by Crippen LogP contribution is 2.28. The minimum atomic E-state index is -0.976. The first-order valence-corrected chi connectivity index (χ1v) is 6.94. The quantitative estimate of drug-likeness (QED) is 0.879. The van der Waals surface area contributed by atoms with Gasteiger partial charge < -0.3 is 11.1 Å². The first kappa shape index (κ1) is 15.4. The average molecular weight is 355 g/mol. The molecule has 3 nitrogen and oxygen atoms in total. The highest BCUT2D eigenvalue weighted by atomic mass is 79.9. The van der Waals surface area contributed by atoms with Crippen LogP contribution in [0.15, 0.2) is 40.9 Å². The number of rotatable bonds is 4. The van der Waals surface area contributed by atoms with Gasteiger partial charge in [0.2, 0.25) is 5.91 Å². The van der Waals surface area contributed by atoms with Crippen LogP contribution < -0.4 is 11.1 Å². The molecular formula is C15H13BrF2N2O. The van der Waals surface area contributed by atoms with Gasteiger partial charge in [0.25, 0.3) is 0 Å². The second-order valence-electron chi connectivity index (χ2n) is 4.66. The number of halogens is 3. The van der Waals surface area contributed by atoms with Crippen molar-refractivity contribution in [1.82, 2.24) is 0 Å². The Balaban J connectivity index is 2.40. The Morgan fingerprint density at radius 1 is 1.19 bits per heavy atom. The van der Waals surface area contributed by atoms with Crippen LogP contribution in [-0.2, 0) is 4.79 Å². The van der Waals surface area contributed by atoms with Crippen LogP contribution >= 0.6 is 15.9 Å². The van der Waals surface area contributed by atoms with E-state index in [-0.39, 0.29) is 0 Å². The number of aryl methyl sites for hydroxylation is 1. The van der Waals surface area contributed by atoms with Gasteiger partial charge in [0.15, 0.2) is 0 Å². The van der Waals surface area contributed by atoms with Gasteiger partial charge in [-0.1, -0.05) is 15.9 Å². The lowest BCUT2D eigenvalue weighted by Crippen LogP contribution is -2.28. The topological polar surface area (TPSA) is 55.1 Å². The SMILES string of the molecule is Cc1cc(F)cc(NC(C(N)=O)c2cc(F)ccc2Br)c1. The smallest absolute Gasteiger partial charge is 0.244 e. The van der Waals surface area contributed by atoms with Crippen molar-refractivity contribution in [3.8, 4) is 0 Å². The lowest BCUT2D eigenvalue weighted by molar-refractivity contribution is -0.118. The summed E-state index contributed by atoms with van der Waals surface area (Å²) in [5, 5.41) is 2.83. The number of carbonyl (C=O) groups is 1. The van der Waals surface area contributed by atoms with E-state index >= 15 is 0 Å². The van der Waals surface area contributed by atoms with Gasteiger partial charge in [-0.25, -0.2) is 8.78 Å². The van der Waals surface area contributed by atoms with E-state index in [1.54, 1.807) is 13.0 Å². The van der Waals surface area contributed by atoms with Crippen molar-refractivity contribution in [3.05, 3.63) is 63.6 Å². The molecule has 0 aliphatic carbocycles. The van der Waals surface area contributed by atoms with Crippen molar-refractivity contribution in [2.45, 2.75) is 13.0 Å². The zero-order valence-electron chi connectivity index (χ0n) is 11.2. The molecule has 0 saturated carbocycles. The largest absolute Gasteiger partial charge is 0.370 e. The molecule has 2 aromatic rings. The number of nitrogens with two attached hydrogens (primary N) is 1. The van der Waals surface area contributed by atoms with E-state index in [4.69, 9.17) is 5.73 Å². The summed E-state index contributed by atoms with van der Waals surface area (Å²) in [5.41, 5.74) is 6.81. The lowest BCUT2D eigenvalue weighted by Gasteiger charge is -2.19. The Labute approximate surface area is 129 Å². The molecule has 2 aromatic carbocycles. The molecule has 1 unspecified atom stereocenters. The molecule has 0 bridgehead atoms. The third-order valence-electron chi connectivity index (χ3n) is 2.91. The Morgan fingerprint density at radius 2 is 1.90 bits per heavy atom. The Morgan fingerprint density at radius 3 is 2.52 bits per heavy atom. The maximum atomic E-state index is 13.4. The minimum Gasteiger partial charge on any atom is -0.370 e. The van der Waals surface area contributed by atoms with Crippen molar-refractivity contribution in [2.24, 2.45) is 5.73 Å². The van der Waals surface area contributed by atoms with Gasteiger partial charge >= 0.3 is 0 Å². The molecule has 3 N–H and O–H groups in total. The number of hydrogen-bond donors (Lipinski definition) is 2. The van der Waals surface area contributed by atoms with Crippen molar-refractivity contribution in [1.29, 1.82) is 0 Å². The summed E-state index contributed by atoms with van der Waals surface area (Å²) < 4.78 is 27.3. The fourth-order valence-electron chi connectivity index (χ4n) is 2.02. The lowest BCUT2D eigenvalue weighted by atomic mass is 10.1. The summed E-state index contributed by atoms with van der Waals surface area (Å²) in [6.07, 6.45) is 0. The highest BCUT2D eigenvalue weighted by molar-refractivity contribution is 9.10. The zero-order chi connectivity index (χ0) is 15.6. The molecule has 110 valence electrons. The number of amides is 1. The Kier molecular flexibility index (Phi) is 4.57. The summed E-state index contributed by atoms with van der Waals surface area (Å²) in [7, 11) is 0. The van der Waals surface area contributed by atoms with E-state index in [1.165, 1.54) is 30.3 Å². The molecular weight excluding hydrogens is 342 g/mol. The molecule has 0 heterocycles. The summed E-state index contributed by atoms with van der Waals surface area (Å²) in [6, 6.07) is 7.26. The van der Waals surface area contributed by atoms with E-state index in [2.05, 4.69) is 21.2 Å². The molecule has 21 heavy (non-hydrogen) atoms. The Bertz CT molecular complexity index is 671. The second-order valence-corrected chi connectivity index (χ2v) is 5.52. The maximum absolute atomic E-state index is 13.4. The monoisotopic (exact) mass is 354 g/mol. The van der Waals surface area contributed by atoms with Crippen LogP contribution in [0.4, 0.5) is 14.5 Å². The highest BCUT2D eigenvalue weighted by Gasteiger charge is 2.21. The van der Waals surface area contributed by atoms with Crippen LogP contribution in [0.25, 0.3) is 0 Å². The van der Waals surface area contributed by atoms with E-state index in [9.17, 15) is 13.6 Å². The van der Waals surface area contributed by atoms with Gasteiger partial charge in [-0.05, 0) is 48.9 Å². The van der Waals surface area contributed by atoms with Crippen molar-refractivity contribution < 1.29 is 13.6 Å². The summed E-state index contributed by atoms with van der Waals surface area (Å²) in [5.74, 6) is -1.61. The number of benzene rings is 2. The molecule has 0 fully saturated rings. The molecule has 0 aliphatic rings. The first-order valence-electron chi connectivity index (χ1n) is 6.15. The van der Waals surface area contributed by atoms with Gasteiger partial charge in [-0.2, -0.15) is 0 Å².